The number of anilines is 2. The smallest absolute Gasteiger partial charge is 0.318 e. The maximum atomic E-state index is 9.32. The van der Waals surface area contributed by atoms with E-state index >= 15 is 0 Å². The monoisotopic (exact) mass is 601 g/mol. The van der Waals surface area contributed by atoms with Crippen LogP contribution in [0.3, 0.4) is 0 Å². The van der Waals surface area contributed by atoms with Gasteiger partial charge in [-0.25, -0.2) is 0 Å². The number of nitrogens with one attached hydrogen (secondary N) is 2. The van der Waals surface area contributed by atoms with E-state index in [1.54, 1.807) is 0 Å². The average Bonchev–Trinajstić information content (AvgIpc) is 3.52. The van der Waals surface area contributed by atoms with Crippen LogP contribution in [0.5, 0.6) is 6.01 Å². The third kappa shape index (κ3) is 7.39. The number of nitrogens with zero attached hydrogens (tertiary/aromatic N) is 5. The molecule has 44 heavy (non-hydrogen) atoms. The fourth-order valence-electron chi connectivity index (χ4n) is 6.54. The lowest BCUT2D eigenvalue weighted by Crippen LogP contribution is -2.51. The molecule has 0 aliphatic carbocycles. The van der Waals surface area contributed by atoms with Crippen LogP contribution in [0, 0.1) is 17.2 Å². The lowest BCUT2D eigenvalue weighted by atomic mass is 10.0. The average molecular weight is 602 g/mol. The van der Waals surface area contributed by atoms with Crippen molar-refractivity contribution in [3.63, 3.8) is 0 Å². The van der Waals surface area contributed by atoms with E-state index in [0.29, 0.717) is 57.9 Å². The maximum absolute atomic E-state index is 9.32. The first-order chi connectivity index (χ1) is 21.7. The lowest BCUT2D eigenvalue weighted by Gasteiger charge is -2.37. The highest BCUT2D eigenvalue weighted by Crippen LogP contribution is 2.34. The third-order valence-electron chi connectivity index (χ3n) is 8.71. The molecule has 11 heteroatoms. The second kappa shape index (κ2) is 15.0. The van der Waals surface area contributed by atoms with Gasteiger partial charge in [0.05, 0.1) is 57.8 Å². The fraction of sp³-hybridized carbons (Fsp3) is 0.545. The molecule has 0 spiro atoms. The number of ether oxygens (including phenoxy) is 3. The van der Waals surface area contributed by atoms with Gasteiger partial charge in [0.1, 0.15) is 12.4 Å². The van der Waals surface area contributed by atoms with Crippen LogP contribution in [-0.4, -0.2) is 99.5 Å². The first-order valence-electron chi connectivity index (χ1n) is 15.8. The number of aromatic nitrogens is 2. The van der Waals surface area contributed by atoms with Gasteiger partial charge in [-0.3, -0.25) is 0 Å². The van der Waals surface area contributed by atoms with Crippen molar-refractivity contribution in [2.45, 2.75) is 37.9 Å². The summed E-state index contributed by atoms with van der Waals surface area (Å²) in [5, 5.41) is 27.6. The summed E-state index contributed by atoms with van der Waals surface area (Å²) >= 11 is 0. The van der Waals surface area contributed by atoms with E-state index in [0.717, 1.165) is 57.1 Å². The topological polar surface area (TPSA) is 128 Å². The summed E-state index contributed by atoms with van der Waals surface area (Å²) in [7, 11) is 0. The summed E-state index contributed by atoms with van der Waals surface area (Å²) in [4.78, 5) is 14.7. The molecule has 3 N–H and O–H groups in total. The predicted molar refractivity (Wildman–Crippen MR) is 169 cm³/mol. The zero-order valence-electron chi connectivity index (χ0n) is 25.3. The summed E-state index contributed by atoms with van der Waals surface area (Å²) in [5.74, 6) is 1.36. The Bertz CT molecular complexity index is 1430. The first-order valence-corrected chi connectivity index (χ1v) is 15.8. The Labute approximate surface area is 259 Å². The van der Waals surface area contributed by atoms with E-state index in [-0.39, 0.29) is 18.7 Å². The van der Waals surface area contributed by atoms with Gasteiger partial charge in [-0.2, -0.15) is 15.2 Å². The summed E-state index contributed by atoms with van der Waals surface area (Å²) < 4.78 is 17.4. The molecule has 0 saturated carbocycles. The second-order valence-electron chi connectivity index (χ2n) is 11.8. The molecule has 0 amide bonds. The molecule has 3 aromatic rings. The van der Waals surface area contributed by atoms with Crippen molar-refractivity contribution in [1.29, 1.82) is 5.26 Å². The predicted octanol–water partition coefficient (Wildman–Crippen LogP) is 2.27. The van der Waals surface area contributed by atoms with Crippen LogP contribution in [0.25, 0.3) is 10.8 Å². The van der Waals surface area contributed by atoms with Crippen molar-refractivity contribution in [2.24, 2.45) is 5.92 Å². The highest BCUT2D eigenvalue weighted by atomic mass is 16.5. The molecule has 3 aliphatic heterocycles. The number of piperazine rings is 1. The Morgan fingerprint density at radius 1 is 0.955 bits per heavy atom. The molecule has 2 aromatic carbocycles. The van der Waals surface area contributed by atoms with Crippen LogP contribution in [0.15, 0.2) is 42.5 Å². The quantitative estimate of drug-likeness (QED) is 0.250. The van der Waals surface area contributed by atoms with Crippen LogP contribution in [0.4, 0.5) is 11.5 Å². The molecule has 1 aromatic heterocycles. The normalized spacial score (nSPS) is 21.8. The van der Waals surface area contributed by atoms with Crippen LogP contribution in [-0.2, 0) is 22.4 Å². The molecule has 0 radical (unpaired) electrons. The van der Waals surface area contributed by atoms with Gasteiger partial charge < -0.3 is 39.8 Å². The van der Waals surface area contributed by atoms with Crippen LogP contribution >= 0.6 is 0 Å². The van der Waals surface area contributed by atoms with Gasteiger partial charge in [0.2, 0.25) is 0 Å². The van der Waals surface area contributed by atoms with Crippen LogP contribution in [0.2, 0.25) is 0 Å². The van der Waals surface area contributed by atoms with E-state index in [4.69, 9.17) is 29.3 Å². The SMILES string of the molecule is N#CC[C@H]1CN(c2nc(OC[C@@H]3C[C@@H](COCCOCCO)CN3)nc3c2CCN(c2cccc4ccccc24)C3)CCN1. The van der Waals surface area contributed by atoms with E-state index < -0.39 is 0 Å². The van der Waals surface area contributed by atoms with Crippen LogP contribution < -0.4 is 25.2 Å². The number of fused-ring (bicyclic) bond motifs is 2. The molecule has 11 nitrogen and oxygen atoms in total. The first kappa shape index (κ1) is 30.5. The zero-order valence-corrected chi connectivity index (χ0v) is 25.3. The van der Waals surface area contributed by atoms with Gasteiger partial charge in [-0.05, 0) is 30.2 Å². The van der Waals surface area contributed by atoms with Crippen molar-refractivity contribution >= 4 is 22.3 Å². The number of hydrogen-bond acceptors (Lipinski definition) is 11. The Hall–Kier alpha value is -3.53. The van der Waals surface area contributed by atoms with E-state index in [9.17, 15) is 5.26 Å². The molecular weight excluding hydrogens is 558 g/mol. The van der Waals surface area contributed by atoms with Gasteiger partial charge >= 0.3 is 6.01 Å². The number of aliphatic hydroxyl groups excluding tert-OH is 1. The van der Waals surface area contributed by atoms with E-state index in [1.807, 2.05) is 0 Å². The minimum Gasteiger partial charge on any atom is -0.462 e. The minimum atomic E-state index is 0.0308. The molecule has 3 atom stereocenters. The molecular formula is C33H43N7O4. The van der Waals surface area contributed by atoms with Gasteiger partial charge in [-0.15, -0.1) is 0 Å². The Kier molecular flexibility index (Phi) is 10.4. The molecule has 0 unspecified atom stereocenters. The molecule has 4 heterocycles. The summed E-state index contributed by atoms with van der Waals surface area (Å²) in [6.45, 7) is 7.38. The molecule has 6 rings (SSSR count). The molecule has 0 bridgehead atoms. The number of hydrogen-bond donors (Lipinski definition) is 3. The summed E-state index contributed by atoms with van der Waals surface area (Å²) in [5.41, 5.74) is 3.41. The number of aliphatic hydroxyl groups is 1. The fourth-order valence-corrected chi connectivity index (χ4v) is 6.54. The maximum Gasteiger partial charge on any atom is 0.318 e. The second-order valence-corrected chi connectivity index (χ2v) is 11.8. The van der Waals surface area contributed by atoms with Gasteiger partial charge in [0.25, 0.3) is 0 Å². The largest absolute Gasteiger partial charge is 0.462 e. The summed E-state index contributed by atoms with van der Waals surface area (Å²) in [6.07, 6.45) is 2.27. The molecule has 3 aliphatic rings. The number of nitriles is 1. The third-order valence-corrected chi connectivity index (χ3v) is 8.71. The molecule has 2 saturated heterocycles. The zero-order chi connectivity index (χ0) is 30.1. The summed E-state index contributed by atoms with van der Waals surface area (Å²) in [6, 6.07) is 18.1. The van der Waals surface area contributed by atoms with Crippen LogP contribution in [0.1, 0.15) is 24.1 Å². The Morgan fingerprint density at radius 3 is 2.75 bits per heavy atom. The number of benzene rings is 2. The van der Waals surface area contributed by atoms with Crippen molar-refractivity contribution in [3.05, 3.63) is 53.7 Å². The Balaban J connectivity index is 1.16. The molecule has 2 fully saturated rings. The lowest BCUT2D eigenvalue weighted by molar-refractivity contribution is 0.0236. The standard InChI is InChI=1S/C33H43N7O4/c34-10-8-26-20-40(13-11-35-26)32-29-9-12-39(31-7-3-5-25-4-1-2-6-28(25)31)21-30(29)37-33(38-32)44-23-27-18-24(19-36-27)22-43-17-16-42-15-14-41/h1-7,24,26-27,35-36,41H,8-9,11-23H2/t24-,26+,27+/m1/s1. The van der Waals surface area contributed by atoms with Crippen molar-refractivity contribution < 1.29 is 19.3 Å². The van der Waals surface area contributed by atoms with Gasteiger partial charge in [-0.1, -0.05) is 36.4 Å². The van der Waals surface area contributed by atoms with Crippen molar-refractivity contribution in [3.8, 4) is 12.1 Å². The van der Waals surface area contributed by atoms with E-state index in [2.05, 4.69) is 69.0 Å². The minimum absolute atomic E-state index is 0.0308. The van der Waals surface area contributed by atoms with Crippen molar-refractivity contribution in [1.82, 2.24) is 20.6 Å². The van der Waals surface area contributed by atoms with Gasteiger partial charge in [0, 0.05) is 61.4 Å². The molecule has 234 valence electrons. The Morgan fingerprint density at radius 2 is 1.84 bits per heavy atom. The highest BCUT2D eigenvalue weighted by Gasteiger charge is 2.30. The van der Waals surface area contributed by atoms with Gasteiger partial charge in [0.15, 0.2) is 0 Å². The van der Waals surface area contributed by atoms with Crippen molar-refractivity contribution in [2.75, 3.05) is 82.2 Å². The number of rotatable bonds is 13. The van der Waals surface area contributed by atoms with E-state index in [1.165, 1.54) is 22.0 Å². The highest BCUT2D eigenvalue weighted by molar-refractivity contribution is 5.94.